The Kier molecular flexibility index (Phi) is 3.96. The van der Waals surface area contributed by atoms with E-state index in [2.05, 4.69) is 31.3 Å². The summed E-state index contributed by atoms with van der Waals surface area (Å²) in [6.07, 6.45) is 0. The average molecular weight is 318 g/mol. The minimum atomic E-state index is 0.289. The molecule has 17 heavy (non-hydrogen) atoms. The van der Waals surface area contributed by atoms with Gasteiger partial charge in [0.15, 0.2) is 6.61 Å². The monoisotopic (exact) mass is 316 g/mol. The zero-order valence-electron chi connectivity index (χ0n) is 9.10. The molecule has 0 aliphatic rings. The molecule has 0 aliphatic carbocycles. The highest BCUT2D eigenvalue weighted by Gasteiger charge is 2.04. The maximum atomic E-state index is 5.80. The Morgan fingerprint density at radius 2 is 2.29 bits per heavy atom. The first kappa shape index (κ1) is 12.3. The minimum absolute atomic E-state index is 0.289. The second-order valence-electron chi connectivity index (χ2n) is 3.37. The second-order valence-corrected chi connectivity index (χ2v) is 4.49. The minimum Gasteiger partial charge on any atom is -0.485 e. The van der Waals surface area contributed by atoms with E-state index in [9.17, 15) is 0 Å². The third-order valence-corrected chi connectivity index (χ3v) is 3.14. The van der Waals surface area contributed by atoms with Crippen molar-refractivity contribution in [3.05, 3.63) is 34.1 Å². The Bertz CT molecular complexity index is 517. The molecule has 1 aromatic heterocycles. The Morgan fingerprint density at radius 1 is 1.47 bits per heavy atom. The number of rotatable bonds is 4. The van der Waals surface area contributed by atoms with Gasteiger partial charge >= 0.3 is 0 Å². The summed E-state index contributed by atoms with van der Waals surface area (Å²) in [7, 11) is 1.71. The Labute approximate surface area is 112 Å². The van der Waals surface area contributed by atoms with Crippen LogP contribution in [0.15, 0.2) is 22.7 Å². The first-order chi connectivity index (χ1) is 8.19. The van der Waals surface area contributed by atoms with E-state index in [0.717, 1.165) is 15.8 Å². The molecule has 0 bridgehead atoms. The van der Waals surface area contributed by atoms with Crippen LogP contribution in [-0.2, 0) is 19.5 Å². The molecule has 0 atom stereocenters. The molecule has 1 aromatic carbocycles. The highest BCUT2D eigenvalue weighted by Crippen LogP contribution is 2.24. The maximum Gasteiger partial charge on any atom is 0.212 e. The van der Waals surface area contributed by atoms with Crippen molar-refractivity contribution >= 4 is 27.5 Å². The molecule has 2 rings (SSSR count). The summed E-state index contributed by atoms with van der Waals surface area (Å²) in [4.78, 5) is 1.39. The fraction of sp³-hybridized carbons (Fsp3) is 0.300. The smallest absolute Gasteiger partial charge is 0.212 e. The highest BCUT2D eigenvalue weighted by molar-refractivity contribution is 9.10. The number of hydrogen-bond acceptors (Lipinski definition) is 4. The molecular formula is C10H10BrClN4O. The van der Waals surface area contributed by atoms with Crippen molar-refractivity contribution in [2.75, 3.05) is 0 Å². The van der Waals surface area contributed by atoms with Gasteiger partial charge in [-0.05, 0) is 29.0 Å². The fourth-order valence-electron chi connectivity index (χ4n) is 1.27. The molecule has 0 amide bonds. The molecule has 90 valence electrons. The van der Waals surface area contributed by atoms with Crippen LogP contribution < -0.4 is 4.74 Å². The molecule has 1 heterocycles. The van der Waals surface area contributed by atoms with Crippen LogP contribution in [-0.4, -0.2) is 20.2 Å². The van der Waals surface area contributed by atoms with Crippen molar-refractivity contribution in [3.8, 4) is 5.75 Å². The first-order valence-corrected chi connectivity index (χ1v) is 6.22. The van der Waals surface area contributed by atoms with Gasteiger partial charge in [-0.2, -0.15) is 4.80 Å². The number of ether oxygens (including phenoxy) is 1. The van der Waals surface area contributed by atoms with Gasteiger partial charge in [0.05, 0.1) is 7.05 Å². The molecule has 0 radical (unpaired) electrons. The lowest BCUT2D eigenvalue weighted by molar-refractivity contribution is 0.295. The standard InChI is InChI=1S/C10H10BrClN4O/c1-16-14-10(13-15-16)6-17-8-2-3-9(11)7(4-8)5-12/h2-4H,5-6H2,1H3. The molecule has 0 aliphatic heterocycles. The predicted molar refractivity (Wildman–Crippen MR) is 66.8 cm³/mol. The molecule has 0 fully saturated rings. The predicted octanol–water partition coefficient (Wildman–Crippen LogP) is 2.29. The normalized spacial score (nSPS) is 10.5. The van der Waals surface area contributed by atoms with Crippen LogP contribution in [0.1, 0.15) is 11.4 Å². The summed E-state index contributed by atoms with van der Waals surface area (Å²) in [6, 6.07) is 5.64. The molecular weight excluding hydrogens is 307 g/mol. The summed E-state index contributed by atoms with van der Waals surface area (Å²) in [6.45, 7) is 0.289. The zero-order valence-corrected chi connectivity index (χ0v) is 11.4. The van der Waals surface area contributed by atoms with E-state index in [1.807, 2.05) is 18.2 Å². The number of halogens is 2. The van der Waals surface area contributed by atoms with Gasteiger partial charge in [0.25, 0.3) is 0 Å². The van der Waals surface area contributed by atoms with Gasteiger partial charge in [0.1, 0.15) is 5.75 Å². The van der Waals surface area contributed by atoms with Gasteiger partial charge in [0, 0.05) is 10.4 Å². The molecule has 5 nitrogen and oxygen atoms in total. The van der Waals surface area contributed by atoms with Crippen LogP contribution in [0.2, 0.25) is 0 Å². The molecule has 0 saturated heterocycles. The molecule has 2 aromatic rings. The Morgan fingerprint density at radius 3 is 2.94 bits per heavy atom. The van der Waals surface area contributed by atoms with Crippen LogP contribution in [0, 0.1) is 0 Å². The van der Waals surface area contributed by atoms with Crippen LogP contribution >= 0.6 is 27.5 Å². The van der Waals surface area contributed by atoms with E-state index in [1.54, 1.807) is 7.05 Å². The van der Waals surface area contributed by atoms with E-state index in [0.29, 0.717) is 11.7 Å². The third kappa shape index (κ3) is 3.17. The zero-order chi connectivity index (χ0) is 12.3. The molecule has 7 heteroatoms. The SMILES string of the molecule is Cn1nnc(COc2ccc(Br)c(CCl)c2)n1. The lowest BCUT2D eigenvalue weighted by Gasteiger charge is -2.06. The number of alkyl halides is 1. The van der Waals surface area contributed by atoms with E-state index < -0.39 is 0 Å². The summed E-state index contributed by atoms with van der Waals surface area (Å²) < 4.78 is 6.51. The number of hydrogen-bond donors (Lipinski definition) is 0. The number of nitrogens with zero attached hydrogens (tertiary/aromatic N) is 4. The van der Waals surface area contributed by atoms with Gasteiger partial charge < -0.3 is 4.74 Å². The first-order valence-electron chi connectivity index (χ1n) is 4.89. The molecule has 0 N–H and O–H groups in total. The van der Waals surface area contributed by atoms with Crippen molar-refractivity contribution < 1.29 is 4.74 Å². The van der Waals surface area contributed by atoms with Crippen molar-refractivity contribution in [1.29, 1.82) is 0 Å². The third-order valence-electron chi connectivity index (χ3n) is 2.08. The van der Waals surface area contributed by atoms with Gasteiger partial charge in [0.2, 0.25) is 5.82 Å². The lowest BCUT2D eigenvalue weighted by atomic mass is 10.2. The number of benzene rings is 1. The van der Waals surface area contributed by atoms with Crippen molar-refractivity contribution in [2.45, 2.75) is 12.5 Å². The quantitative estimate of drug-likeness (QED) is 0.812. The molecule has 0 spiro atoms. The van der Waals surface area contributed by atoms with Crippen LogP contribution in [0.4, 0.5) is 0 Å². The van der Waals surface area contributed by atoms with Crippen molar-refractivity contribution in [2.24, 2.45) is 7.05 Å². The van der Waals surface area contributed by atoms with Gasteiger partial charge in [-0.1, -0.05) is 15.9 Å². The summed E-state index contributed by atoms with van der Waals surface area (Å²) in [5.74, 6) is 1.71. The van der Waals surface area contributed by atoms with Crippen LogP contribution in [0.5, 0.6) is 5.75 Å². The van der Waals surface area contributed by atoms with E-state index in [1.165, 1.54) is 4.80 Å². The molecule has 0 unspecified atom stereocenters. The lowest BCUT2D eigenvalue weighted by Crippen LogP contribution is -1.99. The van der Waals surface area contributed by atoms with Crippen LogP contribution in [0.3, 0.4) is 0 Å². The number of tetrazole rings is 1. The summed E-state index contributed by atoms with van der Waals surface area (Å²) in [5.41, 5.74) is 0.983. The maximum absolute atomic E-state index is 5.80. The van der Waals surface area contributed by atoms with E-state index in [-0.39, 0.29) is 6.61 Å². The largest absolute Gasteiger partial charge is 0.485 e. The number of aromatic nitrogens is 4. The average Bonchev–Trinajstić information content (AvgIpc) is 2.74. The van der Waals surface area contributed by atoms with Gasteiger partial charge in [-0.15, -0.1) is 21.8 Å². The molecule has 0 saturated carbocycles. The van der Waals surface area contributed by atoms with E-state index >= 15 is 0 Å². The van der Waals surface area contributed by atoms with Crippen LogP contribution in [0.25, 0.3) is 0 Å². The van der Waals surface area contributed by atoms with Crippen molar-refractivity contribution in [1.82, 2.24) is 20.2 Å². The van der Waals surface area contributed by atoms with Gasteiger partial charge in [-0.3, -0.25) is 0 Å². The summed E-state index contributed by atoms with van der Waals surface area (Å²) >= 11 is 9.21. The highest BCUT2D eigenvalue weighted by atomic mass is 79.9. The topological polar surface area (TPSA) is 52.8 Å². The van der Waals surface area contributed by atoms with E-state index in [4.69, 9.17) is 16.3 Å². The Balaban J connectivity index is 2.04. The van der Waals surface area contributed by atoms with Crippen molar-refractivity contribution in [3.63, 3.8) is 0 Å². The Hall–Kier alpha value is -1.14. The summed E-state index contributed by atoms with van der Waals surface area (Å²) in [5, 5.41) is 11.6. The van der Waals surface area contributed by atoms with Gasteiger partial charge in [-0.25, -0.2) is 0 Å². The fourth-order valence-corrected chi connectivity index (χ4v) is 2.04. The number of aryl methyl sites for hydroxylation is 1. The second kappa shape index (κ2) is 5.46.